The van der Waals surface area contributed by atoms with Crippen molar-refractivity contribution in [2.24, 2.45) is 0 Å². The smallest absolute Gasteiger partial charge is 0.303 e. The first-order valence-corrected chi connectivity index (χ1v) is 11.9. The summed E-state index contributed by atoms with van der Waals surface area (Å²) in [7, 11) is 0. The summed E-state index contributed by atoms with van der Waals surface area (Å²) in [5.41, 5.74) is 1.00. The van der Waals surface area contributed by atoms with E-state index in [1.54, 1.807) is 24.3 Å². The monoisotopic (exact) mass is 530 g/mol. The normalized spacial score (nSPS) is 22.5. The zero-order valence-electron chi connectivity index (χ0n) is 21.5. The van der Waals surface area contributed by atoms with Gasteiger partial charge in [-0.25, -0.2) is 0 Å². The number of benzene rings is 2. The molecular weight excluding hydrogens is 500 g/mol. The average molecular weight is 531 g/mol. The average Bonchev–Trinajstić information content (AvgIpc) is 2.86. The van der Waals surface area contributed by atoms with Gasteiger partial charge in [0.15, 0.2) is 12.2 Å². The summed E-state index contributed by atoms with van der Waals surface area (Å²) in [6, 6.07) is 16.3. The van der Waals surface area contributed by atoms with Gasteiger partial charge in [-0.15, -0.1) is 0 Å². The Labute approximate surface area is 219 Å². The van der Waals surface area contributed by atoms with E-state index in [9.17, 15) is 19.2 Å². The van der Waals surface area contributed by atoms with E-state index in [0.717, 1.165) is 26.3 Å². The molecule has 204 valence electrons. The molecule has 1 aliphatic rings. The summed E-state index contributed by atoms with van der Waals surface area (Å²) < 4.78 is 38.9. The van der Waals surface area contributed by atoms with Gasteiger partial charge in [0.05, 0.1) is 0 Å². The Balaban J connectivity index is 1.83. The van der Waals surface area contributed by atoms with Gasteiger partial charge in [0.1, 0.15) is 30.8 Å². The minimum absolute atomic E-state index is 0.318. The molecule has 3 rings (SSSR count). The van der Waals surface area contributed by atoms with Crippen LogP contribution < -0.4 is 9.47 Å². The van der Waals surface area contributed by atoms with E-state index in [0.29, 0.717) is 18.1 Å². The molecule has 0 aromatic heterocycles. The highest BCUT2D eigenvalue weighted by molar-refractivity contribution is 5.68. The highest BCUT2D eigenvalue weighted by Crippen LogP contribution is 2.31. The second-order valence-electron chi connectivity index (χ2n) is 8.43. The maximum Gasteiger partial charge on any atom is 0.303 e. The van der Waals surface area contributed by atoms with Crippen molar-refractivity contribution in [2.75, 3.05) is 6.61 Å². The first-order valence-electron chi connectivity index (χ1n) is 11.9. The minimum atomic E-state index is -1.32. The standard InChI is InChI=1S/C27H30O11/c1-16(28)32-15-23-24(34-17(2)29)25(35-18(3)30)26(36-19(4)31)27(38-23)37-22-12-10-21(11-13-22)33-14-20-8-6-5-7-9-20/h5-13,23-27H,14-15H2,1-4H3/t23-,24-,25+,26-,27-/m1/s1. The van der Waals surface area contributed by atoms with Crippen LogP contribution in [0.5, 0.6) is 11.5 Å². The minimum Gasteiger partial charge on any atom is -0.489 e. The van der Waals surface area contributed by atoms with Gasteiger partial charge in [-0.3, -0.25) is 19.2 Å². The molecule has 0 unspecified atom stereocenters. The van der Waals surface area contributed by atoms with Gasteiger partial charge in [-0.05, 0) is 29.8 Å². The van der Waals surface area contributed by atoms with Crippen LogP contribution in [0.2, 0.25) is 0 Å². The second kappa shape index (κ2) is 13.4. The Kier molecular flexibility index (Phi) is 10.1. The van der Waals surface area contributed by atoms with E-state index < -0.39 is 54.6 Å². The number of ether oxygens (including phenoxy) is 7. The van der Waals surface area contributed by atoms with Crippen LogP contribution in [0.4, 0.5) is 0 Å². The molecule has 2 aromatic rings. The Bertz CT molecular complexity index is 1100. The molecule has 5 atom stereocenters. The fourth-order valence-corrected chi connectivity index (χ4v) is 3.77. The molecule has 11 heteroatoms. The predicted molar refractivity (Wildman–Crippen MR) is 130 cm³/mol. The van der Waals surface area contributed by atoms with Crippen molar-refractivity contribution < 1.29 is 52.3 Å². The molecule has 0 saturated carbocycles. The van der Waals surface area contributed by atoms with Crippen LogP contribution >= 0.6 is 0 Å². The van der Waals surface area contributed by atoms with Crippen molar-refractivity contribution in [3.05, 3.63) is 60.2 Å². The lowest BCUT2D eigenvalue weighted by molar-refractivity contribution is -0.288. The topological polar surface area (TPSA) is 133 Å². The van der Waals surface area contributed by atoms with Gasteiger partial charge in [0, 0.05) is 27.7 Å². The molecule has 0 spiro atoms. The number of hydrogen-bond acceptors (Lipinski definition) is 11. The van der Waals surface area contributed by atoms with Crippen molar-refractivity contribution in [1.82, 2.24) is 0 Å². The van der Waals surface area contributed by atoms with Crippen LogP contribution in [0.15, 0.2) is 54.6 Å². The predicted octanol–water partition coefficient (Wildman–Crippen LogP) is 2.73. The fourth-order valence-electron chi connectivity index (χ4n) is 3.77. The zero-order valence-corrected chi connectivity index (χ0v) is 21.5. The van der Waals surface area contributed by atoms with E-state index >= 15 is 0 Å². The third kappa shape index (κ3) is 8.48. The molecule has 0 bridgehead atoms. The molecule has 0 amide bonds. The molecule has 2 aromatic carbocycles. The Morgan fingerprint density at radius 2 is 1.24 bits per heavy atom. The van der Waals surface area contributed by atoms with Gasteiger partial charge in [-0.1, -0.05) is 30.3 Å². The van der Waals surface area contributed by atoms with E-state index in [-0.39, 0.29) is 6.61 Å². The van der Waals surface area contributed by atoms with Crippen LogP contribution in [0.25, 0.3) is 0 Å². The van der Waals surface area contributed by atoms with E-state index in [1.165, 1.54) is 6.92 Å². The zero-order chi connectivity index (χ0) is 27.7. The highest BCUT2D eigenvalue weighted by atomic mass is 16.7. The third-order valence-corrected chi connectivity index (χ3v) is 5.27. The summed E-state index contributed by atoms with van der Waals surface area (Å²) >= 11 is 0. The lowest BCUT2D eigenvalue weighted by Gasteiger charge is -2.43. The molecule has 1 fully saturated rings. The maximum absolute atomic E-state index is 11.9. The number of rotatable bonds is 10. The number of esters is 4. The summed E-state index contributed by atoms with van der Waals surface area (Å²) in [4.78, 5) is 47.1. The van der Waals surface area contributed by atoms with Gasteiger partial charge in [0.2, 0.25) is 12.4 Å². The first kappa shape index (κ1) is 28.5. The number of carbonyl (C=O) groups is 4. The van der Waals surface area contributed by atoms with Crippen molar-refractivity contribution in [1.29, 1.82) is 0 Å². The summed E-state index contributed by atoms with van der Waals surface area (Å²) in [5, 5.41) is 0. The van der Waals surface area contributed by atoms with E-state index in [4.69, 9.17) is 33.2 Å². The van der Waals surface area contributed by atoms with E-state index in [2.05, 4.69) is 0 Å². The van der Waals surface area contributed by atoms with Gasteiger partial charge < -0.3 is 33.2 Å². The Hall–Kier alpha value is -4.12. The van der Waals surface area contributed by atoms with Crippen LogP contribution in [0.3, 0.4) is 0 Å². The largest absolute Gasteiger partial charge is 0.489 e. The van der Waals surface area contributed by atoms with Crippen molar-refractivity contribution >= 4 is 23.9 Å². The second-order valence-corrected chi connectivity index (χ2v) is 8.43. The fraction of sp³-hybridized carbons (Fsp3) is 0.407. The molecule has 38 heavy (non-hydrogen) atoms. The molecule has 0 radical (unpaired) electrons. The Morgan fingerprint density at radius 3 is 1.82 bits per heavy atom. The molecule has 11 nitrogen and oxygen atoms in total. The van der Waals surface area contributed by atoms with Gasteiger partial charge >= 0.3 is 23.9 Å². The summed E-state index contributed by atoms with van der Waals surface area (Å²) in [6.45, 7) is 4.69. The first-order chi connectivity index (χ1) is 18.1. The molecule has 1 aliphatic heterocycles. The van der Waals surface area contributed by atoms with Gasteiger partial charge in [0.25, 0.3) is 0 Å². The van der Waals surface area contributed by atoms with Crippen LogP contribution in [-0.2, 0) is 49.5 Å². The van der Waals surface area contributed by atoms with Crippen molar-refractivity contribution in [3.63, 3.8) is 0 Å². The number of carbonyl (C=O) groups excluding carboxylic acids is 4. The summed E-state index contributed by atoms with van der Waals surface area (Å²) in [6.07, 6.45) is -6.30. The molecule has 0 aliphatic carbocycles. The molecule has 1 saturated heterocycles. The summed E-state index contributed by atoms with van der Waals surface area (Å²) in [5.74, 6) is -1.86. The molecule has 1 heterocycles. The SMILES string of the molecule is CC(=O)OC[C@H]1O[C@@H](Oc2ccc(OCc3ccccc3)cc2)[C@H](OC(C)=O)[C@@H](OC(C)=O)[C@@H]1OC(C)=O. The number of hydrogen-bond donors (Lipinski definition) is 0. The third-order valence-electron chi connectivity index (χ3n) is 5.27. The van der Waals surface area contributed by atoms with Crippen molar-refractivity contribution in [2.45, 2.75) is 65.0 Å². The maximum atomic E-state index is 11.9. The van der Waals surface area contributed by atoms with Crippen LogP contribution in [-0.4, -0.2) is 61.2 Å². The van der Waals surface area contributed by atoms with Gasteiger partial charge in [-0.2, -0.15) is 0 Å². The molecular formula is C27H30O11. The van der Waals surface area contributed by atoms with Crippen LogP contribution in [0.1, 0.15) is 33.3 Å². The molecule has 0 N–H and O–H groups in total. The quantitative estimate of drug-likeness (QED) is 0.332. The lowest BCUT2D eigenvalue weighted by atomic mass is 9.98. The lowest BCUT2D eigenvalue weighted by Crippen LogP contribution is -2.63. The van der Waals surface area contributed by atoms with Crippen molar-refractivity contribution in [3.8, 4) is 11.5 Å². The highest BCUT2D eigenvalue weighted by Gasteiger charge is 2.53. The Morgan fingerprint density at radius 1 is 0.684 bits per heavy atom. The van der Waals surface area contributed by atoms with Crippen LogP contribution in [0, 0.1) is 0 Å². The van der Waals surface area contributed by atoms with E-state index in [1.807, 2.05) is 30.3 Å².